The Kier molecular flexibility index (Phi) is 5.41. The highest BCUT2D eigenvalue weighted by Crippen LogP contribution is 2.33. The summed E-state index contributed by atoms with van der Waals surface area (Å²) in [6, 6.07) is 18.7. The van der Waals surface area contributed by atoms with Crippen molar-refractivity contribution >= 4 is 29.0 Å². The summed E-state index contributed by atoms with van der Waals surface area (Å²) in [7, 11) is 1.71. The van der Waals surface area contributed by atoms with E-state index < -0.39 is 0 Å². The van der Waals surface area contributed by atoms with Gasteiger partial charge in [-0.05, 0) is 24.3 Å². The van der Waals surface area contributed by atoms with E-state index in [1.165, 1.54) is 5.69 Å². The molecule has 1 saturated heterocycles. The van der Waals surface area contributed by atoms with E-state index in [-0.39, 0.29) is 12.4 Å². The van der Waals surface area contributed by atoms with Crippen LogP contribution in [-0.4, -0.2) is 38.3 Å². The van der Waals surface area contributed by atoms with E-state index >= 15 is 0 Å². The summed E-state index contributed by atoms with van der Waals surface area (Å²) in [5, 5.41) is 4.57. The van der Waals surface area contributed by atoms with E-state index in [2.05, 4.69) is 46.6 Å². The van der Waals surface area contributed by atoms with Crippen LogP contribution in [0.3, 0.4) is 0 Å². The number of halogens is 1. The number of hydrogen-bond donors (Lipinski definition) is 1. The summed E-state index contributed by atoms with van der Waals surface area (Å²) >= 11 is 0. The molecule has 0 unspecified atom stereocenters. The van der Waals surface area contributed by atoms with E-state index in [0.717, 1.165) is 54.1 Å². The first kappa shape index (κ1) is 17.5. The van der Waals surface area contributed by atoms with Gasteiger partial charge in [0, 0.05) is 42.8 Å². The van der Waals surface area contributed by atoms with Crippen molar-refractivity contribution in [2.75, 3.05) is 38.2 Å². The summed E-state index contributed by atoms with van der Waals surface area (Å²) in [5.41, 5.74) is 4.40. The van der Waals surface area contributed by atoms with Gasteiger partial charge in [-0.25, -0.2) is 4.98 Å². The van der Waals surface area contributed by atoms with Gasteiger partial charge in [0.1, 0.15) is 5.75 Å². The number of aromatic nitrogens is 1. The van der Waals surface area contributed by atoms with Gasteiger partial charge in [0.15, 0.2) is 0 Å². The number of ether oxygens (including phenoxy) is 1. The third-order valence-corrected chi connectivity index (χ3v) is 4.52. The fraction of sp³-hybridized carbons (Fsp3) is 0.250. The normalized spacial score (nSPS) is 14.2. The highest BCUT2D eigenvalue weighted by Gasteiger charge is 2.16. The number of nitrogens with zero attached hydrogens (tertiary/aromatic N) is 2. The Bertz CT molecular complexity index is 848. The Labute approximate surface area is 154 Å². The third kappa shape index (κ3) is 3.55. The monoisotopic (exact) mass is 355 g/mol. The minimum atomic E-state index is 0. The maximum Gasteiger partial charge on any atom is 0.119 e. The Morgan fingerprint density at radius 2 is 1.76 bits per heavy atom. The molecule has 2 heterocycles. The van der Waals surface area contributed by atoms with Crippen molar-refractivity contribution in [1.82, 2.24) is 10.3 Å². The highest BCUT2D eigenvalue weighted by molar-refractivity contribution is 5.95. The van der Waals surface area contributed by atoms with Crippen molar-refractivity contribution in [3.8, 4) is 17.0 Å². The van der Waals surface area contributed by atoms with Crippen LogP contribution in [0.2, 0.25) is 0 Å². The highest BCUT2D eigenvalue weighted by atomic mass is 35.5. The molecule has 0 atom stereocenters. The Balaban J connectivity index is 0.00000182. The molecule has 1 N–H and O–H groups in total. The topological polar surface area (TPSA) is 37.4 Å². The molecule has 4 rings (SSSR count). The molecular weight excluding hydrogens is 334 g/mol. The average Bonchev–Trinajstić information content (AvgIpc) is 2.68. The van der Waals surface area contributed by atoms with E-state index in [4.69, 9.17) is 9.72 Å². The molecule has 0 bridgehead atoms. The van der Waals surface area contributed by atoms with Crippen molar-refractivity contribution in [2.45, 2.75) is 0 Å². The molecule has 2 aromatic carbocycles. The van der Waals surface area contributed by atoms with Gasteiger partial charge < -0.3 is 15.0 Å². The van der Waals surface area contributed by atoms with Crippen LogP contribution in [0.25, 0.3) is 22.2 Å². The quantitative estimate of drug-likeness (QED) is 0.776. The van der Waals surface area contributed by atoms with Crippen LogP contribution in [0.4, 0.5) is 5.69 Å². The molecule has 0 amide bonds. The van der Waals surface area contributed by atoms with Gasteiger partial charge in [0.05, 0.1) is 18.3 Å². The van der Waals surface area contributed by atoms with Crippen LogP contribution < -0.4 is 15.0 Å². The van der Waals surface area contributed by atoms with Crippen molar-refractivity contribution in [3.05, 3.63) is 54.6 Å². The van der Waals surface area contributed by atoms with Gasteiger partial charge in [0.2, 0.25) is 0 Å². The van der Waals surface area contributed by atoms with Crippen LogP contribution in [-0.2, 0) is 0 Å². The Hall–Kier alpha value is -2.30. The molecular formula is C20H22ClN3O. The first-order valence-corrected chi connectivity index (χ1v) is 8.35. The van der Waals surface area contributed by atoms with E-state index in [9.17, 15) is 0 Å². The number of anilines is 1. The van der Waals surface area contributed by atoms with Gasteiger partial charge in [-0.1, -0.05) is 30.3 Å². The average molecular weight is 356 g/mol. The third-order valence-electron chi connectivity index (χ3n) is 4.52. The van der Waals surface area contributed by atoms with Crippen molar-refractivity contribution in [3.63, 3.8) is 0 Å². The molecule has 1 aliphatic heterocycles. The molecule has 130 valence electrons. The fourth-order valence-corrected chi connectivity index (χ4v) is 3.24. The first-order valence-electron chi connectivity index (χ1n) is 8.35. The standard InChI is InChI=1S/C20H21N3O.ClH/c1-24-16-7-8-18-17(13-16)20(23-11-9-21-10-12-23)14-19(22-18)15-5-3-2-4-6-15;/h2-8,13-14,21H,9-12H2,1H3;1H. The lowest BCUT2D eigenvalue weighted by atomic mass is 10.1. The second-order valence-corrected chi connectivity index (χ2v) is 6.01. The zero-order valence-electron chi connectivity index (χ0n) is 14.2. The number of nitrogens with one attached hydrogen (secondary N) is 1. The van der Waals surface area contributed by atoms with Gasteiger partial charge >= 0.3 is 0 Å². The number of piperazine rings is 1. The van der Waals surface area contributed by atoms with E-state index in [0.29, 0.717) is 0 Å². The summed E-state index contributed by atoms with van der Waals surface area (Å²) in [6.07, 6.45) is 0. The molecule has 0 spiro atoms. The maximum atomic E-state index is 5.42. The van der Waals surface area contributed by atoms with E-state index in [1.807, 2.05) is 18.2 Å². The van der Waals surface area contributed by atoms with E-state index in [1.54, 1.807) is 7.11 Å². The van der Waals surface area contributed by atoms with Crippen LogP contribution in [0, 0.1) is 0 Å². The molecule has 4 nitrogen and oxygen atoms in total. The minimum Gasteiger partial charge on any atom is -0.497 e. The summed E-state index contributed by atoms with van der Waals surface area (Å²) in [6.45, 7) is 4.03. The molecule has 0 radical (unpaired) electrons. The molecule has 0 saturated carbocycles. The lowest BCUT2D eigenvalue weighted by Gasteiger charge is -2.30. The predicted molar refractivity (Wildman–Crippen MR) is 106 cm³/mol. The fourth-order valence-electron chi connectivity index (χ4n) is 3.24. The lowest BCUT2D eigenvalue weighted by molar-refractivity contribution is 0.415. The van der Waals surface area contributed by atoms with Gasteiger partial charge in [-0.15, -0.1) is 12.4 Å². The number of methoxy groups -OCH3 is 1. The molecule has 1 aliphatic rings. The van der Waals surface area contributed by atoms with Gasteiger partial charge in [-0.2, -0.15) is 0 Å². The number of rotatable bonds is 3. The van der Waals surface area contributed by atoms with Crippen LogP contribution >= 0.6 is 12.4 Å². The van der Waals surface area contributed by atoms with Gasteiger partial charge in [-0.3, -0.25) is 0 Å². The summed E-state index contributed by atoms with van der Waals surface area (Å²) in [5.74, 6) is 0.869. The SMILES string of the molecule is COc1ccc2nc(-c3ccccc3)cc(N3CCNCC3)c2c1.Cl. The predicted octanol–water partition coefficient (Wildman–Crippen LogP) is 3.74. The second kappa shape index (κ2) is 7.72. The Morgan fingerprint density at radius 3 is 2.48 bits per heavy atom. The van der Waals surface area contributed by atoms with Crippen LogP contribution in [0.1, 0.15) is 0 Å². The maximum absolute atomic E-state index is 5.42. The largest absolute Gasteiger partial charge is 0.497 e. The number of benzene rings is 2. The molecule has 25 heavy (non-hydrogen) atoms. The van der Waals surface area contributed by atoms with Crippen LogP contribution in [0.5, 0.6) is 5.75 Å². The summed E-state index contributed by atoms with van der Waals surface area (Å²) < 4.78 is 5.42. The molecule has 0 aliphatic carbocycles. The van der Waals surface area contributed by atoms with Gasteiger partial charge in [0.25, 0.3) is 0 Å². The second-order valence-electron chi connectivity index (χ2n) is 6.01. The molecule has 3 aromatic rings. The molecule has 1 fully saturated rings. The molecule has 1 aromatic heterocycles. The van der Waals surface area contributed by atoms with Crippen molar-refractivity contribution < 1.29 is 4.74 Å². The van der Waals surface area contributed by atoms with Crippen molar-refractivity contribution in [1.29, 1.82) is 0 Å². The van der Waals surface area contributed by atoms with Crippen molar-refractivity contribution in [2.24, 2.45) is 0 Å². The zero-order chi connectivity index (χ0) is 16.4. The smallest absolute Gasteiger partial charge is 0.119 e. The number of fused-ring (bicyclic) bond motifs is 1. The summed E-state index contributed by atoms with van der Waals surface area (Å²) in [4.78, 5) is 7.32. The number of hydrogen-bond acceptors (Lipinski definition) is 4. The lowest BCUT2D eigenvalue weighted by Crippen LogP contribution is -2.43. The number of pyridine rings is 1. The van der Waals surface area contributed by atoms with Crippen LogP contribution in [0.15, 0.2) is 54.6 Å². The first-order chi connectivity index (χ1) is 11.8. The minimum absolute atomic E-state index is 0. The zero-order valence-corrected chi connectivity index (χ0v) is 15.1. The molecule has 5 heteroatoms. The Morgan fingerprint density at radius 1 is 1.00 bits per heavy atom.